The standard InChI is InChI=1S/C11H25N3/c1-4-10(13-12)11(2,3)14-8-6-5-7-9-14/h10,13H,4-9,12H2,1-3H3. The highest BCUT2D eigenvalue weighted by Gasteiger charge is 2.34. The summed E-state index contributed by atoms with van der Waals surface area (Å²) in [6.07, 6.45) is 5.15. The first-order valence-corrected chi connectivity index (χ1v) is 5.84. The van der Waals surface area contributed by atoms with E-state index in [-0.39, 0.29) is 5.54 Å². The van der Waals surface area contributed by atoms with Crippen molar-refractivity contribution in [2.45, 2.75) is 58.0 Å². The van der Waals surface area contributed by atoms with Gasteiger partial charge in [0, 0.05) is 11.6 Å². The summed E-state index contributed by atoms with van der Waals surface area (Å²) in [6.45, 7) is 9.24. The van der Waals surface area contributed by atoms with Gasteiger partial charge in [0.05, 0.1) is 0 Å². The number of nitrogens with zero attached hydrogens (tertiary/aromatic N) is 1. The monoisotopic (exact) mass is 199 g/mol. The molecule has 3 N–H and O–H groups in total. The van der Waals surface area contributed by atoms with Crippen LogP contribution in [0.4, 0.5) is 0 Å². The van der Waals surface area contributed by atoms with Crippen LogP contribution in [0.25, 0.3) is 0 Å². The maximum Gasteiger partial charge on any atom is 0.0386 e. The van der Waals surface area contributed by atoms with Crippen LogP contribution in [0.2, 0.25) is 0 Å². The van der Waals surface area contributed by atoms with E-state index < -0.39 is 0 Å². The van der Waals surface area contributed by atoms with E-state index in [2.05, 4.69) is 31.1 Å². The molecule has 0 aromatic carbocycles. The molecule has 0 bridgehead atoms. The molecule has 3 nitrogen and oxygen atoms in total. The van der Waals surface area contributed by atoms with E-state index in [4.69, 9.17) is 5.84 Å². The average molecular weight is 199 g/mol. The van der Waals surface area contributed by atoms with Crippen molar-refractivity contribution in [3.05, 3.63) is 0 Å². The second-order valence-corrected chi connectivity index (χ2v) is 4.83. The molecule has 0 aromatic rings. The van der Waals surface area contributed by atoms with Gasteiger partial charge in [0.2, 0.25) is 0 Å². The molecule has 0 saturated carbocycles. The third-order valence-corrected chi connectivity index (χ3v) is 3.63. The molecule has 0 radical (unpaired) electrons. The quantitative estimate of drug-likeness (QED) is 0.532. The smallest absolute Gasteiger partial charge is 0.0386 e. The Morgan fingerprint density at radius 2 is 1.86 bits per heavy atom. The normalized spacial score (nSPS) is 22.3. The molecule has 84 valence electrons. The molecule has 1 aliphatic heterocycles. The molecule has 0 aliphatic carbocycles. The van der Waals surface area contributed by atoms with Crippen LogP contribution in [0.5, 0.6) is 0 Å². The predicted octanol–water partition coefficient (Wildman–Crippen LogP) is 1.49. The van der Waals surface area contributed by atoms with Crippen LogP contribution in [0.15, 0.2) is 0 Å². The van der Waals surface area contributed by atoms with E-state index in [1.165, 1.54) is 32.4 Å². The molecule has 0 aromatic heterocycles. The summed E-state index contributed by atoms with van der Waals surface area (Å²) in [5, 5.41) is 0. The van der Waals surface area contributed by atoms with Crippen LogP contribution in [-0.2, 0) is 0 Å². The van der Waals surface area contributed by atoms with Crippen molar-refractivity contribution < 1.29 is 0 Å². The van der Waals surface area contributed by atoms with Crippen LogP contribution in [0.3, 0.4) is 0 Å². The average Bonchev–Trinajstić information content (AvgIpc) is 2.20. The maximum atomic E-state index is 5.60. The Morgan fingerprint density at radius 1 is 1.29 bits per heavy atom. The van der Waals surface area contributed by atoms with Gasteiger partial charge < -0.3 is 0 Å². The van der Waals surface area contributed by atoms with Gasteiger partial charge in [-0.3, -0.25) is 16.2 Å². The highest BCUT2D eigenvalue weighted by molar-refractivity contribution is 4.92. The second kappa shape index (κ2) is 5.10. The highest BCUT2D eigenvalue weighted by atomic mass is 15.3. The molecule has 1 unspecified atom stereocenters. The first-order chi connectivity index (χ1) is 6.62. The Balaban J connectivity index is 2.60. The van der Waals surface area contributed by atoms with E-state index in [0.717, 1.165) is 6.42 Å². The van der Waals surface area contributed by atoms with Crippen molar-refractivity contribution in [3.8, 4) is 0 Å². The van der Waals surface area contributed by atoms with Crippen LogP contribution >= 0.6 is 0 Å². The Kier molecular flexibility index (Phi) is 4.35. The molecule has 1 atom stereocenters. The highest BCUT2D eigenvalue weighted by Crippen LogP contribution is 2.24. The van der Waals surface area contributed by atoms with E-state index in [1.54, 1.807) is 0 Å². The van der Waals surface area contributed by atoms with E-state index in [0.29, 0.717) is 6.04 Å². The van der Waals surface area contributed by atoms with Gasteiger partial charge in [-0.1, -0.05) is 13.3 Å². The number of nitrogens with one attached hydrogen (secondary N) is 1. The number of hydrogen-bond acceptors (Lipinski definition) is 3. The fourth-order valence-corrected chi connectivity index (χ4v) is 2.51. The van der Waals surface area contributed by atoms with Crippen molar-refractivity contribution >= 4 is 0 Å². The molecule has 1 aliphatic rings. The lowest BCUT2D eigenvalue weighted by atomic mass is 9.89. The van der Waals surface area contributed by atoms with Crippen molar-refractivity contribution in [2.75, 3.05) is 13.1 Å². The van der Waals surface area contributed by atoms with Gasteiger partial charge in [-0.25, -0.2) is 0 Å². The van der Waals surface area contributed by atoms with Crippen LogP contribution < -0.4 is 11.3 Å². The van der Waals surface area contributed by atoms with Gasteiger partial charge in [0.25, 0.3) is 0 Å². The summed E-state index contributed by atoms with van der Waals surface area (Å²) in [6, 6.07) is 0.389. The van der Waals surface area contributed by atoms with Gasteiger partial charge in [-0.15, -0.1) is 0 Å². The Bertz CT molecular complexity index is 158. The van der Waals surface area contributed by atoms with E-state index in [1.807, 2.05) is 0 Å². The first-order valence-electron chi connectivity index (χ1n) is 5.84. The molecular formula is C11H25N3. The summed E-state index contributed by atoms with van der Waals surface area (Å²) < 4.78 is 0. The number of nitrogens with two attached hydrogens (primary N) is 1. The van der Waals surface area contributed by atoms with Crippen molar-refractivity contribution in [1.29, 1.82) is 0 Å². The summed E-state index contributed by atoms with van der Waals surface area (Å²) in [5.41, 5.74) is 3.13. The summed E-state index contributed by atoms with van der Waals surface area (Å²) in [4.78, 5) is 2.57. The molecule has 0 spiro atoms. The van der Waals surface area contributed by atoms with E-state index in [9.17, 15) is 0 Å². The Labute approximate surface area is 88.0 Å². The number of hydrogen-bond donors (Lipinski definition) is 2. The topological polar surface area (TPSA) is 41.3 Å². The Morgan fingerprint density at radius 3 is 2.29 bits per heavy atom. The lowest BCUT2D eigenvalue weighted by Gasteiger charge is -2.45. The number of likely N-dealkylation sites (tertiary alicyclic amines) is 1. The van der Waals surface area contributed by atoms with Gasteiger partial charge in [-0.05, 0) is 46.2 Å². The summed E-state index contributed by atoms with van der Waals surface area (Å²) in [5.74, 6) is 5.60. The number of rotatable bonds is 4. The summed E-state index contributed by atoms with van der Waals surface area (Å²) >= 11 is 0. The van der Waals surface area contributed by atoms with Gasteiger partial charge in [-0.2, -0.15) is 0 Å². The van der Waals surface area contributed by atoms with Gasteiger partial charge in [0.15, 0.2) is 0 Å². The predicted molar refractivity (Wildman–Crippen MR) is 60.9 cm³/mol. The minimum atomic E-state index is 0.184. The van der Waals surface area contributed by atoms with Crippen molar-refractivity contribution in [1.82, 2.24) is 10.3 Å². The number of piperidine rings is 1. The molecule has 1 rings (SSSR count). The number of hydrazine groups is 1. The largest absolute Gasteiger partial charge is 0.297 e. The molecule has 1 saturated heterocycles. The third kappa shape index (κ3) is 2.47. The lowest BCUT2D eigenvalue weighted by Crippen LogP contribution is -2.60. The zero-order valence-electron chi connectivity index (χ0n) is 9.84. The minimum Gasteiger partial charge on any atom is -0.297 e. The molecule has 14 heavy (non-hydrogen) atoms. The SMILES string of the molecule is CCC(NN)C(C)(C)N1CCCCC1. The fourth-order valence-electron chi connectivity index (χ4n) is 2.51. The third-order valence-electron chi connectivity index (χ3n) is 3.63. The van der Waals surface area contributed by atoms with Gasteiger partial charge >= 0.3 is 0 Å². The van der Waals surface area contributed by atoms with Crippen molar-refractivity contribution in [3.63, 3.8) is 0 Å². The lowest BCUT2D eigenvalue weighted by molar-refractivity contribution is 0.0598. The molecule has 0 amide bonds. The second-order valence-electron chi connectivity index (χ2n) is 4.83. The molecule has 1 fully saturated rings. The fraction of sp³-hybridized carbons (Fsp3) is 1.00. The van der Waals surface area contributed by atoms with Crippen LogP contribution in [-0.4, -0.2) is 29.6 Å². The molecular weight excluding hydrogens is 174 g/mol. The maximum absolute atomic E-state index is 5.60. The minimum absolute atomic E-state index is 0.184. The zero-order valence-corrected chi connectivity index (χ0v) is 9.84. The molecule has 3 heteroatoms. The van der Waals surface area contributed by atoms with E-state index >= 15 is 0 Å². The molecule has 1 heterocycles. The summed E-state index contributed by atoms with van der Waals surface area (Å²) in [7, 11) is 0. The van der Waals surface area contributed by atoms with Gasteiger partial charge in [0.1, 0.15) is 0 Å². The van der Waals surface area contributed by atoms with Crippen molar-refractivity contribution in [2.24, 2.45) is 5.84 Å². The van der Waals surface area contributed by atoms with Crippen LogP contribution in [0, 0.1) is 0 Å². The Hall–Kier alpha value is -0.120. The van der Waals surface area contributed by atoms with Crippen LogP contribution in [0.1, 0.15) is 46.5 Å². The zero-order chi connectivity index (χ0) is 10.6. The first kappa shape index (κ1) is 12.0.